The number of piperazine rings is 1. The van der Waals surface area contributed by atoms with Crippen molar-refractivity contribution in [2.45, 2.75) is 26.3 Å². The molecule has 7 heteroatoms. The van der Waals surface area contributed by atoms with Gasteiger partial charge >= 0.3 is 0 Å². The minimum Gasteiger partial charge on any atom is -0.353 e. The van der Waals surface area contributed by atoms with Crippen molar-refractivity contribution in [3.63, 3.8) is 0 Å². The van der Waals surface area contributed by atoms with Crippen LogP contribution in [-0.2, 0) is 14.4 Å². The van der Waals surface area contributed by atoms with Gasteiger partial charge in [0.25, 0.3) is 0 Å². The van der Waals surface area contributed by atoms with E-state index in [0.29, 0.717) is 32.7 Å². The van der Waals surface area contributed by atoms with Crippen LogP contribution in [0.3, 0.4) is 0 Å². The highest BCUT2D eigenvalue weighted by Crippen LogP contribution is 2.03. The first-order chi connectivity index (χ1) is 13.5. The molecule has 0 spiro atoms. The minimum absolute atomic E-state index is 0.0200. The zero-order valence-corrected chi connectivity index (χ0v) is 16.7. The summed E-state index contributed by atoms with van der Waals surface area (Å²) in [6, 6.07) is 9.68. The number of nitrogens with one attached hydrogen (secondary N) is 2. The summed E-state index contributed by atoms with van der Waals surface area (Å²) in [5.41, 5.74) is 0.928. The molecule has 2 N–H and O–H groups in total. The van der Waals surface area contributed by atoms with Gasteiger partial charge in [0.05, 0.1) is 13.1 Å². The van der Waals surface area contributed by atoms with Crippen LogP contribution in [0.2, 0.25) is 0 Å². The Morgan fingerprint density at radius 1 is 1.11 bits per heavy atom. The highest BCUT2D eigenvalue weighted by atomic mass is 16.2. The van der Waals surface area contributed by atoms with Gasteiger partial charge in [0.2, 0.25) is 17.7 Å². The smallest absolute Gasteiger partial charge is 0.244 e. The monoisotopic (exact) mass is 386 g/mol. The fraction of sp³-hybridized carbons (Fsp3) is 0.476. The molecule has 0 aliphatic carbocycles. The summed E-state index contributed by atoms with van der Waals surface area (Å²) in [7, 11) is 0. The van der Waals surface area contributed by atoms with Crippen LogP contribution in [-0.4, -0.2) is 72.8 Å². The van der Waals surface area contributed by atoms with Crippen LogP contribution in [0.15, 0.2) is 36.4 Å². The normalized spacial score (nSPS) is 16.0. The molecule has 2 rings (SSSR count). The van der Waals surface area contributed by atoms with Gasteiger partial charge in [-0.2, -0.15) is 0 Å². The van der Waals surface area contributed by atoms with E-state index in [1.54, 1.807) is 11.0 Å². The molecule has 152 valence electrons. The summed E-state index contributed by atoms with van der Waals surface area (Å²) in [5, 5.41) is 5.58. The number of rotatable bonds is 8. The average molecular weight is 386 g/mol. The molecule has 1 unspecified atom stereocenters. The molecule has 1 fully saturated rings. The van der Waals surface area contributed by atoms with Gasteiger partial charge in [-0.15, -0.1) is 0 Å². The maximum absolute atomic E-state index is 12.3. The van der Waals surface area contributed by atoms with E-state index in [1.807, 2.05) is 49.1 Å². The van der Waals surface area contributed by atoms with Gasteiger partial charge in [-0.1, -0.05) is 37.3 Å². The molecule has 0 bridgehead atoms. The maximum Gasteiger partial charge on any atom is 0.244 e. The number of benzene rings is 1. The zero-order chi connectivity index (χ0) is 20.4. The molecule has 0 radical (unpaired) electrons. The number of carbonyl (C=O) groups is 3. The van der Waals surface area contributed by atoms with E-state index >= 15 is 0 Å². The van der Waals surface area contributed by atoms with Crippen LogP contribution in [0.1, 0.15) is 25.8 Å². The Hall–Kier alpha value is -2.67. The predicted molar refractivity (Wildman–Crippen MR) is 109 cm³/mol. The SMILES string of the molecule is CCC(C)NC(=O)CN1CCN(C(=O)CNC(=O)/C=C/c2ccccc2)CC1. The molecule has 1 saturated heterocycles. The first-order valence-electron chi connectivity index (χ1n) is 9.78. The number of nitrogens with zero attached hydrogens (tertiary/aromatic N) is 2. The molecule has 1 aliphatic rings. The molecule has 1 aromatic rings. The molecule has 1 aromatic carbocycles. The summed E-state index contributed by atoms with van der Waals surface area (Å²) >= 11 is 0. The zero-order valence-electron chi connectivity index (χ0n) is 16.7. The van der Waals surface area contributed by atoms with Gasteiger partial charge in [-0.25, -0.2) is 0 Å². The van der Waals surface area contributed by atoms with Crippen LogP contribution in [0, 0.1) is 0 Å². The van der Waals surface area contributed by atoms with Gasteiger partial charge in [-0.3, -0.25) is 19.3 Å². The van der Waals surface area contributed by atoms with Crippen molar-refractivity contribution >= 4 is 23.8 Å². The van der Waals surface area contributed by atoms with Crippen molar-refractivity contribution in [3.05, 3.63) is 42.0 Å². The van der Waals surface area contributed by atoms with Gasteiger partial charge in [0, 0.05) is 38.3 Å². The van der Waals surface area contributed by atoms with Crippen molar-refractivity contribution in [1.29, 1.82) is 0 Å². The standard InChI is InChI=1S/C21H30N4O3/c1-3-17(2)23-20(27)16-24-11-13-25(14-12-24)21(28)15-22-19(26)10-9-18-7-5-4-6-8-18/h4-10,17H,3,11-16H2,1-2H3,(H,22,26)(H,23,27)/b10-9+. The average Bonchev–Trinajstić information content (AvgIpc) is 2.71. The van der Waals surface area contributed by atoms with Gasteiger partial charge in [0.15, 0.2) is 0 Å². The third kappa shape index (κ3) is 7.52. The Labute approximate surface area is 166 Å². The number of amides is 3. The fourth-order valence-corrected chi connectivity index (χ4v) is 2.85. The lowest BCUT2D eigenvalue weighted by Gasteiger charge is -2.34. The van der Waals surface area contributed by atoms with Crippen molar-refractivity contribution < 1.29 is 14.4 Å². The first kappa shape index (κ1) is 21.6. The van der Waals surface area contributed by atoms with E-state index in [0.717, 1.165) is 12.0 Å². The number of hydrogen-bond acceptors (Lipinski definition) is 4. The molecule has 1 aliphatic heterocycles. The van der Waals surface area contributed by atoms with Gasteiger partial charge < -0.3 is 15.5 Å². The molecule has 0 aromatic heterocycles. The lowest BCUT2D eigenvalue weighted by Crippen LogP contribution is -2.53. The van der Waals surface area contributed by atoms with E-state index in [1.165, 1.54) is 6.08 Å². The summed E-state index contributed by atoms with van der Waals surface area (Å²) < 4.78 is 0. The second-order valence-electron chi connectivity index (χ2n) is 7.00. The Morgan fingerprint density at radius 2 is 1.79 bits per heavy atom. The number of hydrogen-bond donors (Lipinski definition) is 2. The topological polar surface area (TPSA) is 81.8 Å². The largest absolute Gasteiger partial charge is 0.353 e. The molecule has 28 heavy (non-hydrogen) atoms. The summed E-state index contributed by atoms with van der Waals surface area (Å²) in [5.74, 6) is -0.380. The molecular weight excluding hydrogens is 356 g/mol. The van der Waals surface area contributed by atoms with E-state index in [-0.39, 0.29) is 30.3 Å². The fourth-order valence-electron chi connectivity index (χ4n) is 2.85. The lowest BCUT2D eigenvalue weighted by atomic mass is 10.2. The second kappa shape index (κ2) is 11.2. The van der Waals surface area contributed by atoms with Crippen molar-refractivity contribution in [1.82, 2.24) is 20.4 Å². The number of carbonyl (C=O) groups excluding carboxylic acids is 3. The van der Waals surface area contributed by atoms with Crippen LogP contribution >= 0.6 is 0 Å². The molecule has 1 heterocycles. The molecular formula is C21H30N4O3. The Balaban J connectivity index is 1.67. The molecule has 0 saturated carbocycles. The third-order valence-electron chi connectivity index (χ3n) is 4.75. The van der Waals surface area contributed by atoms with E-state index in [9.17, 15) is 14.4 Å². The van der Waals surface area contributed by atoms with Crippen molar-refractivity contribution in [2.24, 2.45) is 0 Å². The van der Waals surface area contributed by atoms with Gasteiger partial charge in [0.1, 0.15) is 0 Å². The Bertz CT molecular complexity index is 682. The van der Waals surface area contributed by atoms with Crippen molar-refractivity contribution in [2.75, 3.05) is 39.3 Å². The van der Waals surface area contributed by atoms with Crippen molar-refractivity contribution in [3.8, 4) is 0 Å². The van der Waals surface area contributed by atoms with Gasteiger partial charge in [-0.05, 0) is 25.0 Å². The highest BCUT2D eigenvalue weighted by molar-refractivity contribution is 5.94. The predicted octanol–water partition coefficient (Wildman–Crippen LogP) is 0.875. The Morgan fingerprint density at radius 3 is 2.43 bits per heavy atom. The van der Waals surface area contributed by atoms with E-state index in [4.69, 9.17) is 0 Å². The quantitative estimate of drug-likeness (QED) is 0.650. The summed E-state index contributed by atoms with van der Waals surface area (Å²) in [6.45, 7) is 6.78. The molecule has 3 amide bonds. The first-order valence-corrected chi connectivity index (χ1v) is 9.78. The highest BCUT2D eigenvalue weighted by Gasteiger charge is 2.22. The van der Waals surface area contributed by atoms with Crippen LogP contribution < -0.4 is 10.6 Å². The third-order valence-corrected chi connectivity index (χ3v) is 4.75. The molecule has 1 atom stereocenters. The minimum atomic E-state index is -0.294. The maximum atomic E-state index is 12.3. The lowest BCUT2D eigenvalue weighted by molar-refractivity contribution is -0.134. The summed E-state index contributed by atoms with van der Waals surface area (Å²) in [6.07, 6.45) is 4.04. The van der Waals surface area contributed by atoms with Crippen LogP contribution in [0.4, 0.5) is 0 Å². The van der Waals surface area contributed by atoms with E-state index in [2.05, 4.69) is 10.6 Å². The van der Waals surface area contributed by atoms with Crippen LogP contribution in [0.25, 0.3) is 6.08 Å². The summed E-state index contributed by atoms with van der Waals surface area (Å²) in [4.78, 5) is 39.9. The van der Waals surface area contributed by atoms with Crippen LogP contribution in [0.5, 0.6) is 0 Å². The second-order valence-corrected chi connectivity index (χ2v) is 7.00. The van der Waals surface area contributed by atoms with E-state index < -0.39 is 0 Å². The Kier molecular flexibility index (Phi) is 8.68. The molecule has 7 nitrogen and oxygen atoms in total.